The lowest BCUT2D eigenvalue weighted by atomic mass is 9.98. The van der Waals surface area contributed by atoms with Gasteiger partial charge in [-0.25, -0.2) is 0 Å². The molecule has 0 fully saturated rings. The second-order valence-electron chi connectivity index (χ2n) is 10.8. The molecule has 0 radical (unpaired) electrons. The van der Waals surface area contributed by atoms with Crippen LogP contribution in [0.4, 0.5) is 0 Å². The number of rotatable bonds is 4. The molecule has 0 saturated carbocycles. The van der Waals surface area contributed by atoms with Crippen molar-refractivity contribution < 1.29 is 4.74 Å². The Morgan fingerprint density at radius 2 is 1.25 bits per heavy atom. The first-order valence-corrected chi connectivity index (χ1v) is 14.3. The van der Waals surface area contributed by atoms with Crippen LogP contribution in [0.25, 0.3) is 66.1 Å². The Morgan fingerprint density at radius 3 is 2.07 bits per heavy atom. The van der Waals surface area contributed by atoms with Crippen LogP contribution in [0, 0.1) is 22.7 Å². The van der Waals surface area contributed by atoms with Crippen LogP contribution in [0.5, 0.6) is 5.75 Å². The summed E-state index contributed by atoms with van der Waals surface area (Å²) in [6, 6.07) is 47.9. The van der Waals surface area contributed by atoms with Crippen LogP contribution in [0.3, 0.4) is 0 Å². The van der Waals surface area contributed by atoms with Gasteiger partial charge in [0.1, 0.15) is 17.9 Å². The fourth-order valence-electron chi connectivity index (χ4n) is 6.55. The van der Waals surface area contributed by atoms with Crippen molar-refractivity contribution >= 4 is 43.6 Å². The third-order valence-corrected chi connectivity index (χ3v) is 8.50. The molecular formula is C39H24N4O. The number of para-hydroxylation sites is 2. The van der Waals surface area contributed by atoms with E-state index >= 15 is 0 Å². The summed E-state index contributed by atoms with van der Waals surface area (Å²) in [5.41, 5.74) is 9.14. The van der Waals surface area contributed by atoms with Crippen LogP contribution < -0.4 is 4.74 Å². The van der Waals surface area contributed by atoms with E-state index in [1.807, 2.05) is 18.2 Å². The first-order chi connectivity index (χ1) is 21.7. The molecule has 0 aliphatic rings. The second kappa shape index (κ2) is 9.91. The molecule has 2 heterocycles. The SMILES string of the molecule is COc1ccc2c(c1)c1c(-c3ccc4c5ccccc5n(-c5ccccc5)c4c3)cccc1n2-c1ccc(C#N)c(C#N)c1. The fourth-order valence-corrected chi connectivity index (χ4v) is 6.55. The third-order valence-electron chi connectivity index (χ3n) is 8.50. The van der Waals surface area contributed by atoms with Gasteiger partial charge in [-0.2, -0.15) is 10.5 Å². The molecule has 0 aliphatic heterocycles. The Morgan fingerprint density at radius 1 is 0.523 bits per heavy atom. The number of fused-ring (bicyclic) bond motifs is 6. The molecule has 0 bridgehead atoms. The lowest BCUT2D eigenvalue weighted by molar-refractivity contribution is 0.415. The Labute approximate surface area is 253 Å². The van der Waals surface area contributed by atoms with E-state index in [9.17, 15) is 10.5 Å². The zero-order chi connectivity index (χ0) is 29.8. The summed E-state index contributed by atoms with van der Waals surface area (Å²) >= 11 is 0. The van der Waals surface area contributed by atoms with Crippen LogP contribution in [-0.2, 0) is 0 Å². The Balaban J connectivity index is 1.45. The van der Waals surface area contributed by atoms with Crippen molar-refractivity contribution in [2.24, 2.45) is 0 Å². The number of hydrogen-bond acceptors (Lipinski definition) is 3. The molecule has 0 aliphatic carbocycles. The first kappa shape index (κ1) is 25.4. The van der Waals surface area contributed by atoms with Crippen molar-refractivity contribution in [2.45, 2.75) is 0 Å². The third kappa shape index (κ3) is 3.71. The minimum Gasteiger partial charge on any atom is -0.497 e. The van der Waals surface area contributed by atoms with Gasteiger partial charge >= 0.3 is 0 Å². The number of nitriles is 2. The van der Waals surface area contributed by atoms with Gasteiger partial charge in [-0.05, 0) is 77.9 Å². The molecule has 5 heteroatoms. The molecule has 0 saturated heterocycles. The van der Waals surface area contributed by atoms with Crippen LogP contribution in [0.15, 0.2) is 127 Å². The van der Waals surface area contributed by atoms with Crippen molar-refractivity contribution in [1.29, 1.82) is 10.5 Å². The van der Waals surface area contributed by atoms with Crippen molar-refractivity contribution in [3.63, 3.8) is 0 Å². The molecule has 6 aromatic carbocycles. The zero-order valence-electron chi connectivity index (χ0n) is 23.8. The topological polar surface area (TPSA) is 66.7 Å². The van der Waals surface area contributed by atoms with Crippen LogP contribution in [-0.4, -0.2) is 16.2 Å². The van der Waals surface area contributed by atoms with Gasteiger partial charge in [0.2, 0.25) is 0 Å². The highest BCUT2D eigenvalue weighted by Gasteiger charge is 2.19. The molecule has 206 valence electrons. The normalized spacial score (nSPS) is 11.2. The number of benzene rings is 6. The Kier molecular flexibility index (Phi) is 5.72. The van der Waals surface area contributed by atoms with Gasteiger partial charge in [0.25, 0.3) is 0 Å². The molecule has 0 unspecified atom stereocenters. The maximum Gasteiger partial charge on any atom is 0.119 e. The molecule has 8 rings (SSSR count). The zero-order valence-corrected chi connectivity index (χ0v) is 23.8. The van der Waals surface area contributed by atoms with Gasteiger partial charge in [0, 0.05) is 32.9 Å². The van der Waals surface area contributed by atoms with E-state index < -0.39 is 0 Å². The monoisotopic (exact) mass is 564 g/mol. The van der Waals surface area contributed by atoms with Gasteiger partial charge in [-0.1, -0.05) is 60.7 Å². The van der Waals surface area contributed by atoms with Crippen LogP contribution in [0.1, 0.15) is 11.1 Å². The molecule has 44 heavy (non-hydrogen) atoms. The molecule has 0 atom stereocenters. The number of aromatic nitrogens is 2. The maximum atomic E-state index is 9.77. The lowest BCUT2D eigenvalue weighted by Gasteiger charge is -2.11. The number of methoxy groups -OCH3 is 1. The number of nitrogens with zero attached hydrogens (tertiary/aromatic N) is 4. The van der Waals surface area contributed by atoms with E-state index in [1.165, 1.54) is 16.3 Å². The van der Waals surface area contributed by atoms with Gasteiger partial charge in [0.15, 0.2) is 0 Å². The van der Waals surface area contributed by atoms with E-state index in [-0.39, 0.29) is 0 Å². The van der Waals surface area contributed by atoms with Crippen LogP contribution >= 0.6 is 0 Å². The van der Waals surface area contributed by atoms with Crippen molar-refractivity contribution in [2.75, 3.05) is 7.11 Å². The van der Waals surface area contributed by atoms with E-state index in [0.717, 1.165) is 55.6 Å². The summed E-state index contributed by atoms with van der Waals surface area (Å²) in [5.74, 6) is 0.767. The first-order valence-electron chi connectivity index (χ1n) is 14.3. The summed E-state index contributed by atoms with van der Waals surface area (Å²) in [7, 11) is 1.68. The number of ether oxygens (including phenoxy) is 1. The minimum absolute atomic E-state index is 0.351. The average molecular weight is 565 g/mol. The summed E-state index contributed by atoms with van der Waals surface area (Å²) in [5, 5.41) is 23.8. The molecule has 0 amide bonds. The summed E-state index contributed by atoms with van der Waals surface area (Å²) < 4.78 is 10.2. The quantitative estimate of drug-likeness (QED) is 0.214. The van der Waals surface area contributed by atoms with Gasteiger partial charge in [-0.15, -0.1) is 0 Å². The Hall–Kier alpha value is -6.30. The molecule has 5 nitrogen and oxygen atoms in total. The largest absolute Gasteiger partial charge is 0.497 e. The standard InChI is InChI=1S/C39H24N4O/c1-44-30-17-19-36-34(22-30)39-31(11-7-13-37(39)43(36)29-16-14-26(23-40)27(20-29)24-41)25-15-18-33-32-10-5-6-12-35(32)42(38(33)21-25)28-8-3-2-4-9-28/h2-22H,1H3. The molecule has 0 spiro atoms. The predicted octanol–water partition coefficient (Wildman–Crippen LogP) is 9.30. The summed E-state index contributed by atoms with van der Waals surface area (Å²) in [6.45, 7) is 0. The summed E-state index contributed by atoms with van der Waals surface area (Å²) in [6.07, 6.45) is 0. The highest BCUT2D eigenvalue weighted by atomic mass is 16.5. The minimum atomic E-state index is 0.351. The van der Waals surface area contributed by atoms with Crippen molar-refractivity contribution in [1.82, 2.24) is 9.13 Å². The van der Waals surface area contributed by atoms with Gasteiger partial charge in [0.05, 0.1) is 40.3 Å². The van der Waals surface area contributed by atoms with Gasteiger partial charge < -0.3 is 13.9 Å². The second-order valence-corrected chi connectivity index (χ2v) is 10.8. The highest BCUT2D eigenvalue weighted by molar-refractivity contribution is 6.17. The fraction of sp³-hybridized carbons (Fsp3) is 0.0256. The Bertz CT molecular complexity index is 2510. The van der Waals surface area contributed by atoms with Crippen LogP contribution in [0.2, 0.25) is 0 Å². The predicted molar refractivity (Wildman–Crippen MR) is 177 cm³/mol. The van der Waals surface area contributed by atoms with E-state index in [1.54, 1.807) is 19.2 Å². The van der Waals surface area contributed by atoms with Crippen molar-refractivity contribution in [3.05, 3.63) is 139 Å². The average Bonchev–Trinajstić information content (AvgIpc) is 3.60. The lowest BCUT2D eigenvalue weighted by Crippen LogP contribution is -1.96. The summed E-state index contributed by atoms with van der Waals surface area (Å²) in [4.78, 5) is 0. The molecule has 0 N–H and O–H groups in total. The highest BCUT2D eigenvalue weighted by Crippen LogP contribution is 2.42. The molecular weight excluding hydrogens is 540 g/mol. The van der Waals surface area contributed by atoms with E-state index in [2.05, 4.69) is 118 Å². The smallest absolute Gasteiger partial charge is 0.119 e. The van der Waals surface area contributed by atoms with Crippen molar-refractivity contribution in [3.8, 4) is 40.4 Å². The molecule has 8 aromatic rings. The maximum absolute atomic E-state index is 9.77. The van der Waals surface area contributed by atoms with E-state index in [0.29, 0.717) is 11.1 Å². The number of hydrogen-bond donors (Lipinski definition) is 0. The molecule has 2 aromatic heterocycles. The van der Waals surface area contributed by atoms with E-state index in [4.69, 9.17) is 4.74 Å². The van der Waals surface area contributed by atoms with Gasteiger partial charge in [-0.3, -0.25) is 0 Å².